The van der Waals surface area contributed by atoms with E-state index in [1.54, 1.807) is 54.3 Å². The maximum atomic E-state index is 15.9. The molecule has 0 atom stereocenters. The highest BCUT2D eigenvalue weighted by Gasteiger charge is 2.27. The number of nitrogens with zero attached hydrogens (tertiary/aromatic N) is 3. The Morgan fingerprint density at radius 2 is 1.69 bits per heavy atom. The SMILES string of the molecule is COC(=O)C=Cc1cccc(Oc2c(F)c(Oc3cccc(-c4nccn4C)c3)nc(Oc3cc(C(=N)N)ccc3O)c2F)c1. The summed E-state index contributed by atoms with van der Waals surface area (Å²) in [6.07, 6.45) is 5.98. The van der Waals surface area contributed by atoms with Gasteiger partial charge >= 0.3 is 5.97 Å². The summed E-state index contributed by atoms with van der Waals surface area (Å²) in [5.41, 5.74) is 6.83. The standard InChI is InChI=1S/C32H25F2N5O6/c1-39-14-13-37-30(39)20-6-4-8-22(16-20)44-31-26(33)28(43-21-7-3-5-18(15-21)9-12-25(41)42-2)27(34)32(38-31)45-24-17-19(29(35)36)10-11-23(24)40/h3-17,40H,1-2H3,(H3,35,36). The molecule has 45 heavy (non-hydrogen) atoms. The van der Waals surface area contributed by atoms with Crippen LogP contribution in [0, 0.1) is 17.0 Å². The zero-order chi connectivity index (χ0) is 32.1. The van der Waals surface area contributed by atoms with Crippen LogP contribution in [0.3, 0.4) is 0 Å². The highest BCUT2D eigenvalue weighted by atomic mass is 19.1. The number of benzene rings is 3. The lowest BCUT2D eigenvalue weighted by Gasteiger charge is -2.16. The van der Waals surface area contributed by atoms with Crippen LogP contribution in [-0.2, 0) is 16.6 Å². The summed E-state index contributed by atoms with van der Waals surface area (Å²) in [7, 11) is 3.03. The molecule has 2 heterocycles. The maximum Gasteiger partial charge on any atom is 0.330 e. The quantitative estimate of drug-likeness (QED) is 0.0711. The minimum atomic E-state index is -1.36. The lowest BCUT2D eigenvalue weighted by molar-refractivity contribution is -0.134. The van der Waals surface area contributed by atoms with Crippen LogP contribution < -0.4 is 19.9 Å². The number of phenolic OH excluding ortho intramolecular Hbond substituents is 1. The Morgan fingerprint density at radius 1 is 0.978 bits per heavy atom. The number of nitrogens with one attached hydrogen (secondary N) is 1. The molecule has 2 aromatic heterocycles. The molecule has 0 saturated heterocycles. The van der Waals surface area contributed by atoms with Crippen molar-refractivity contribution in [3.8, 4) is 51.9 Å². The molecule has 0 amide bonds. The fraction of sp³-hybridized carbons (Fsp3) is 0.0625. The van der Waals surface area contributed by atoms with E-state index in [4.69, 9.17) is 25.4 Å². The third kappa shape index (κ3) is 6.88. The molecule has 0 fully saturated rings. The molecule has 0 saturated carbocycles. The third-order valence-corrected chi connectivity index (χ3v) is 6.27. The zero-order valence-corrected chi connectivity index (χ0v) is 23.8. The summed E-state index contributed by atoms with van der Waals surface area (Å²) < 4.78 is 55.1. The predicted octanol–water partition coefficient (Wildman–Crippen LogP) is 6.31. The number of methoxy groups -OCH3 is 1. The molecule has 0 aliphatic carbocycles. The summed E-state index contributed by atoms with van der Waals surface area (Å²) in [5, 5.41) is 18.0. The van der Waals surface area contributed by atoms with E-state index in [9.17, 15) is 9.90 Å². The first-order chi connectivity index (χ1) is 21.6. The molecule has 5 rings (SSSR count). The van der Waals surface area contributed by atoms with Crippen molar-refractivity contribution in [2.75, 3.05) is 7.11 Å². The van der Waals surface area contributed by atoms with Gasteiger partial charge in [0.15, 0.2) is 11.5 Å². The summed E-state index contributed by atoms with van der Waals surface area (Å²) in [6.45, 7) is 0. The van der Waals surface area contributed by atoms with Crippen LogP contribution in [0.4, 0.5) is 8.78 Å². The van der Waals surface area contributed by atoms with Crippen LogP contribution in [0.25, 0.3) is 17.5 Å². The molecular formula is C32H25F2N5O6. The topological polar surface area (TPSA) is 155 Å². The first kappa shape index (κ1) is 30.2. The Labute approximate surface area is 255 Å². The smallest absolute Gasteiger partial charge is 0.330 e. The van der Waals surface area contributed by atoms with Crippen LogP contribution in [0.2, 0.25) is 0 Å². The molecule has 0 spiro atoms. The number of phenols is 1. The number of ether oxygens (including phenoxy) is 4. The second-order valence-electron chi connectivity index (χ2n) is 9.40. The number of carbonyl (C=O) groups is 1. The molecule has 13 heteroatoms. The average molecular weight is 614 g/mol. The molecule has 0 aliphatic heterocycles. The summed E-state index contributed by atoms with van der Waals surface area (Å²) in [5.74, 6) is -6.01. The summed E-state index contributed by atoms with van der Waals surface area (Å²) in [4.78, 5) is 19.7. The van der Waals surface area contributed by atoms with Gasteiger partial charge in [-0.25, -0.2) is 9.78 Å². The highest BCUT2D eigenvalue weighted by Crippen LogP contribution is 2.41. The number of carbonyl (C=O) groups excluding carboxylic acids is 1. The van der Waals surface area contributed by atoms with E-state index >= 15 is 8.78 Å². The number of aryl methyl sites for hydroxylation is 1. The molecule has 3 aromatic carbocycles. The van der Waals surface area contributed by atoms with Gasteiger partial charge in [-0.3, -0.25) is 5.41 Å². The minimum absolute atomic E-state index is 0.00104. The van der Waals surface area contributed by atoms with Crippen molar-refractivity contribution < 1.29 is 37.6 Å². The van der Waals surface area contributed by atoms with Gasteiger partial charge in [-0.15, -0.1) is 0 Å². The Balaban J connectivity index is 1.57. The van der Waals surface area contributed by atoms with Crippen LogP contribution in [0.1, 0.15) is 11.1 Å². The number of nitrogens with two attached hydrogens (primary N) is 1. The average Bonchev–Trinajstić information content (AvgIpc) is 3.47. The van der Waals surface area contributed by atoms with Crippen LogP contribution in [0.5, 0.6) is 40.5 Å². The Morgan fingerprint density at radius 3 is 2.38 bits per heavy atom. The van der Waals surface area contributed by atoms with Crippen molar-refractivity contribution in [2.45, 2.75) is 0 Å². The monoisotopic (exact) mass is 613 g/mol. The van der Waals surface area contributed by atoms with Gasteiger partial charge in [0.2, 0.25) is 17.4 Å². The molecule has 228 valence electrons. The fourth-order valence-electron chi connectivity index (χ4n) is 4.06. The van der Waals surface area contributed by atoms with E-state index in [1.165, 1.54) is 55.7 Å². The van der Waals surface area contributed by atoms with E-state index < -0.39 is 40.9 Å². The van der Waals surface area contributed by atoms with E-state index in [-0.39, 0.29) is 28.6 Å². The Hall–Kier alpha value is -6.24. The van der Waals surface area contributed by atoms with Crippen molar-refractivity contribution in [3.05, 3.63) is 108 Å². The normalized spacial score (nSPS) is 10.9. The number of hydrogen-bond acceptors (Lipinski definition) is 9. The maximum absolute atomic E-state index is 15.9. The van der Waals surface area contributed by atoms with Gasteiger partial charge < -0.3 is 34.4 Å². The first-order valence-corrected chi connectivity index (χ1v) is 13.2. The van der Waals surface area contributed by atoms with Crippen molar-refractivity contribution in [2.24, 2.45) is 12.8 Å². The highest BCUT2D eigenvalue weighted by molar-refractivity contribution is 5.95. The summed E-state index contributed by atoms with van der Waals surface area (Å²) >= 11 is 0. The second kappa shape index (κ2) is 13.0. The number of aromatic hydroxyl groups is 1. The molecule has 0 bridgehead atoms. The van der Waals surface area contributed by atoms with Gasteiger partial charge in [0, 0.05) is 36.6 Å². The number of aromatic nitrogens is 3. The number of hydrogen-bond donors (Lipinski definition) is 3. The van der Waals surface area contributed by atoms with Gasteiger partial charge in [0.05, 0.1) is 7.11 Å². The third-order valence-electron chi connectivity index (χ3n) is 6.27. The molecule has 5 aromatic rings. The van der Waals surface area contributed by atoms with Crippen molar-refractivity contribution in [1.29, 1.82) is 5.41 Å². The molecular weight excluding hydrogens is 588 g/mol. The molecule has 4 N–H and O–H groups in total. The fourth-order valence-corrected chi connectivity index (χ4v) is 4.06. The van der Waals surface area contributed by atoms with Gasteiger partial charge in [-0.2, -0.15) is 13.8 Å². The van der Waals surface area contributed by atoms with Gasteiger partial charge in [-0.1, -0.05) is 24.3 Å². The summed E-state index contributed by atoms with van der Waals surface area (Å²) in [6, 6.07) is 16.4. The first-order valence-electron chi connectivity index (χ1n) is 13.2. The number of nitrogen functional groups attached to an aromatic ring is 1. The number of imidazole rings is 1. The van der Waals surface area contributed by atoms with E-state index in [2.05, 4.69) is 14.7 Å². The number of amidine groups is 1. The number of pyridine rings is 1. The van der Waals surface area contributed by atoms with E-state index in [1.807, 2.05) is 0 Å². The van der Waals surface area contributed by atoms with Gasteiger partial charge in [0.1, 0.15) is 23.2 Å². The van der Waals surface area contributed by atoms with Crippen molar-refractivity contribution in [3.63, 3.8) is 0 Å². The minimum Gasteiger partial charge on any atom is -0.504 e. The number of rotatable bonds is 10. The largest absolute Gasteiger partial charge is 0.504 e. The lowest BCUT2D eigenvalue weighted by atomic mass is 10.2. The van der Waals surface area contributed by atoms with E-state index in [0.717, 1.165) is 0 Å². The number of esters is 1. The predicted molar refractivity (Wildman–Crippen MR) is 160 cm³/mol. The van der Waals surface area contributed by atoms with Crippen LogP contribution in [-0.4, -0.2) is 38.6 Å². The molecule has 0 radical (unpaired) electrons. The lowest BCUT2D eigenvalue weighted by Crippen LogP contribution is -2.11. The van der Waals surface area contributed by atoms with Crippen molar-refractivity contribution in [1.82, 2.24) is 14.5 Å². The molecule has 11 nitrogen and oxygen atoms in total. The van der Waals surface area contributed by atoms with Gasteiger partial charge in [-0.05, 0) is 54.1 Å². The second-order valence-corrected chi connectivity index (χ2v) is 9.40. The van der Waals surface area contributed by atoms with E-state index in [0.29, 0.717) is 17.0 Å². The van der Waals surface area contributed by atoms with Gasteiger partial charge in [0.25, 0.3) is 11.8 Å². The molecule has 0 aliphatic rings. The Bertz CT molecular complexity index is 1940. The van der Waals surface area contributed by atoms with Crippen molar-refractivity contribution >= 4 is 17.9 Å². The molecule has 0 unspecified atom stereocenters. The Kier molecular flexibility index (Phi) is 8.70. The van der Waals surface area contributed by atoms with Crippen LogP contribution in [0.15, 0.2) is 85.2 Å². The zero-order valence-electron chi connectivity index (χ0n) is 23.8. The number of halogens is 2. The van der Waals surface area contributed by atoms with Crippen LogP contribution >= 0.6 is 0 Å².